The van der Waals surface area contributed by atoms with E-state index in [4.69, 9.17) is 9.47 Å². The molecule has 1 heterocycles. The van der Waals surface area contributed by atoms with Crippen LogP contribution in [0, 0.1) is 0 Å². The number of esters is 2. The lowest BCUT2D eigenvalue weighted by molar-refractivity contribution is -0.131. The number of ketones is 1. The van der Waals surface area contributed by atoms with Gasteiger partial charge in [-0.1, -0.05) is 121 Å². The van der Waals surface area contributed by atoms with Crippen molar-refractivity contribution in [3.63, 3.8) is 0 Å². The normalized spacial score (nSPS) is 14.7. The van der Waals surface area contributed by atoms with Crippen molar-refractivity contribution in [1.29, 1.82) is 0 Å². The SMILES string of the molecule is CCCCCCCCCCCCCCCCCC(=O)N1C/C(=C\c2ccc(C(=O)OCC)cc2)C(=O)/C(=C/c2ccc(C(=O)OCC)cc2)C1. The van der Waals surface area contributed by atoms with Gasteiger partial charge in [-0.3, -0.25) is 9.59 Å². The molecule has 1 aliphatic heterocycles. The van der Waals surface area contributed by atoms with E-state index in [0.29, 0.717) is 41.9 Å². The lowest BCUT2D eigenvalue weighted by Gasteiger charge is -2.30. The molecular formula is C43H59NO6. The molecule has 0 unspecified atom stereocenters. The molecule has 1 amide bonds. The number of hydrogen-bond donors (Lipinski definition) is 0. The predicted octanol–water partition coefficient (Wildman–Crippen LogP) is 10.2. The van der Waals surface area contributed by atoms with E-state index in [1.807, 2.05) is 0 Å². The van der Waals surface area contributed by atoms with Gasteiger partial charge in [-0.15, -0.1) is 0 Å². The number of piperidine rings is 1. The molecule has 1 aliphatic rings. The Bertz CT molecular complexity index is 1320. The molecule has 2 aromatic rings. The summed E-state index contributed by atoms with van der Waals surface area (Å²) in [6, 6.07) is 13.8. The van der Waals surface area contributed by atoms with Gasteiger partial charge in [0.15, 0.2) is 5.78 Å². The van der Waals surface area contributed by atoms with E-state index < -0.39 is 11.9 Å². The fourth-order valence-corrected chi connectivity index (χ4v) is 6.28. The smallest absolute Gasteiger partial charge is 0.338 e. The number of nitrogens with zero attached hydrogens (tertiary/aromatic N) is 1. The molecule has 7 nitrogen and oxygen atoms in total. The van der Waals surface area contributed by atoms with Gasteiger partial charge in [-0.05, 0) is 67.8 Å². The van der Waals surface area contributed by atoms with Crippen LogP contribution in [0.25, 0.3) is 12.2 Å². The summed E-state index contributed by atoms with van der Waals surface area (Å²) in [6.45, 7) is 6.84. The molecule has 0 spiro atoms. The molecule has 0 aliphatic carbocycles. The van der Waals surface area contributed by atoms with Crippen LogP contribution in [-0.2, 0) is 19.1 Å². The molecule has 1 saturated heterocycles. The zero-order chi connectivity index (χ0) is 36.0. The van der Waals surface area contributed by atoms with Crippen molar-refractivity contribution in [2.45, 2.75) is 124 Å². The highest BCUT2D eigenvalue weighted by atomic mass is 16.5. The van der Waals surface area contributed by atoms with Crippen LogP contribution in [0.1, 0.15) is 155 Å². The lowest BCUT2D eigenvalue weighted by atomic mass is 9.93. The van der Waals surface area contributed by atoms with Gasteiger partial charge in [0.25, 0.3) is 0 Å². The van der Waals surface area contributed by atoms with Gasteiger partial charge < -0.3 is 14.4 Å². The number of unbranched alkanes of at least 4 members (excludes halogenated alkanes) is 14. The molecule has 0 bridgehead atoms. The van der Waals surface area contributed by atoms with Gasteiger partial charge in [0.2, 0.25) is 5.91 Å². The molecule has 0 radical (unpaired) electrons. The van der Waals surface area contributed by atoms with Crippen molar-refractivity contribution >= 4 is 35.8 Å². The van der Waals surface area contributed by atoms with Gasteiger partial charge >= 0.3 is 11.9 Å². The summed E-state index contributed by atoms with van der Waals surface area (Å²) >= 11 is 0. The van der Waals surface area contributed by atoms with E-state index in [9.17, 15) is 19.2 Å². The number of hydrogen-bond acceptors (Lipinski definition) is 6. The van der Waals surface area contributed by atoms with Crippen LogP contribution in [-0.4, -0.2) is 54.8 Å². The number of Topliss-reactive ketones (excluding diaryl/α,β-unsaturated/α-hetero) is 1. The number of benzene rings is 2. The number of carbonyl (C=O) groups excluding carboxylic acids is 4. The Morgan fingerprint density at radius 2 is 0.920 bits per heavy atom. The van der Waals surface area contributed by atoms with Crippen molar-refractivity contribution in [3.05, 3.63) is 81.9 Å². The van der Waals surface area contributed by atoms with E-state index >= 15 is 0 Å². The maximum Gasteiger partial charge on any atom is 0.338 e. The summed E-state index contributed by atoms with van der Waals surface area (Å²) in [5, 5.41) is 0. The quantitative estimate of drug-likeness (QED) is 0.0696. The second-order valence-corrected chi connectivity index (χ2v) is 13.3. The molecule has 0 saturated carbocycles. The zero-order valence-electron chi connectivity index (χ0n) is 30.8. The van der Waals surface area contributed by atoms with E-state index in [2.05, 4.69) is 6.92 Å². The molecule has 3 rings (SSSR count). The first-order valence-corrected chi connectivity index (χ1v) is 19.1. The Kier molecular flexibility index (Phi) is 18.9. The lowest BCUT2D eigenvalue weighted by Crippen LogP contribution is -2.41. The largest absolute Gasteiger partial charge is 0.462 e. The van der Waals surface area contributed by atoms with Crippen LogP contribution in [0.2, 0.25) is 0 Å². The van der Waals surface area contributed by atoms with E-state index in [1.54, 1.807) is 79.4 Å². The first kappa shape index (κ1) is 40.4. The third-order valence-electron chi connectivity index (χ3n) is 9.18. The maximum atomic E-state index is 13.7. The Morgan fingerprint density at radius 3 is 1.28 bits per heavy atom. The molecule has 50 heavy (non-hydrogen) atoms. The number of ether oxygens (including phenoxy) is 2. The van der Waals surface area contributed by atoms with Crippen LogP contribution < -0.4 is 0 Å². The molecule has 0 aromatic heterocycles. The summed E-state index contributed by atoms with van der Waals surface area (Å²) in [7, 11) is 0. The number of amides is 1. The van der Waals surface area contributed by atoms with Crippen LogP contribution in [0.15, 0.2) is 59.7 Å². The summed E-state index contributed by atoms with van der Waals surface area (Å²) in [5.41, 5.74) is 3.43. The van der Waals surface area contributed by atoms with Gasteiger partial charge in [-0.25, -0.2) is 9.59 Å². The van der Waals surface area contributed by atoms with Crippen molar-refractivity contribution in [3.8, 4) is 0 Å². The van der Waals surface area contributed by atoms with Crippen molar-refractivity contribution < 1.29 is 28.7 Å². The van der Waals surface area contributed by atoms with Gasteiger partial charge in [0.05, 0.1) is 24.3 Å². The highest BCUT2D eigenvalue weighted by molar-refractivity contribution is 6.15. The van der Waals surface area contributed by atoms with Crippen LogP contribution in [0.3, 0.4) is 0 Å². The second-order valence-electron chi connectivity index (χ2n) is 13.3. The summed E-state index contributed by atoms with van der Waals surface area (Å²) < 4.78 is 10.2. The molecule has 0 N–H and O–H groups in total. The van der Waals surface area contributed by atoms with E-state index in [0.717, 1.165) is 30.4 Å². The zero-order valence-corrected chi connectivity index (χ0v) is 30.8. The van der Waals surface area contributed by atoms with Crippen molar-refractivity contribution in [2.24, 2.45) is 0 Å². The first-order chi connectivity index (χ1) is 24.4. The minimum Gasteiger partial charge on any atom is -0.462 e. The molecule has 2 aromatic carbocycles. The highest BCUT2D eigenvalue weighted by Crippen LogP contribution is 2.24. The Morgan fingerprint density at radius 1 is 0.560 bits per heavy atom. The molecule has 272 valence electrons. The third kappa shape index (κ3) is 14.5. The van der Waals surface area contributed by atoms with Gasteiger partial charge in [-0.2, -0.15) is 0 Å². The average molecular weight is 686 g/mol. The average Bonchev–Trinajstić information content (AvgIpc) is 3.12. The fraction of sp³-hybridized carbons (Fsp3) is 0.535. The molecule has 0 atom stereocenters. The monoisotopic (exact) mass is 685 g/mol. The third-order valence-corrected chi connectivity index (χ3v) is 9.18. The van der Waals surface area contributed by atoms with E-state index in [-0.39, 0.29) is 24.8 Å². The minimum atomic E-state index is -0.393. The summed E-state index contributed by atoms with van der Waals surface area (Å²) in [4.78, 5) is 53.1. The first-order valence-electron chi connectivity index (χ1n) is 19.1. The highest BCUT2D eigenvalue weighted by Gasteiger charge is 2.29. The van der Waals surface area contributed by atoms with Crippen LogP contribution in [0.4, 0.5) is 0 Å². The molecule has 1 fully saturated rings. The standard InChI is InChI=1S/C43H59NO6/c1-4-7-8-9-10-11-12-13-14-15-16-17-18-19-20-21-40(45)44-32-38(30-34-22-26-36(27-23-34)42(47)49-5-2)41(46)39(33-44)31-35-24-28-37(29-25-35)43(48)50-6-3/h22-31H,4-21,32-33H2,1-3H3/b38-30+,39-31+. The van der Waals surface area contributed by atoms with E-state index in [1.165, 1.54) is 77.0 Å². The topological polar surface area (TPSA) is 90.0 Å². The van der Waals surface area contributed by atoms with Crippen molar-refractivity contribution in [2.75, 3.05) is 26.3 Å². The Labute approximate surface area is 300 Å². The van der Waals surface area contributed by atoms with Crippen LogP contribution in [0.5, 0.6) is 0 Å². The maximum absolute atomic E-state index is 13.7. The number of carbonyl (C=O) groups is 4. The molecule has 7 heteroatoms. The van der Waals surface area contributed by atoms with Gasteiger partial charge in [0, 0.05) is 30.7 Å². The number of rotatable bonds is 22. The Hall–Kier alpha value is -4.00. The van der Waals surface area contributed by atoms with Crippen LogP contribution >= 0.6 is 0 Å². The Balaban J connectivity index is 1.56. The summed E-state index contributed by atoms with van der Waals surface area (Å²) in [5.74, 6) is -0.866. The predicted molar refractivity (Wildman–Crippen MR) is 202 cm³/mol. The van der Waals surface area contributed by atoms with Gasteiger partial charge in [0.1, 0.15) is 0 Å². The van der Waals surface area contributed by atoms with Crippen molar-refractivity contribution in [1.82, 2.24) is 4.90 Å². The molecular weight excluding hydrogens is 626 g/mol. The number of likely N-dealkylation sites (tertiary alicyclic amines) is 1. The minimum absolute atomic E-state index is 0.0410. The second kappa shape index (κ2) is 23.4. The fourth-order valence-electron chi connectivity index (χ4n) is 6.28. The summed E-state index contributed by atoms with van der Waals surface area (Å²) in [6.07, 6.45) is 23.1.